The number of ether oxygens (including phenoxy) is 1. The Labute approximate surface area is 148 Å². The van der Waals surface area contributed by atoms with Crippen LogP contribution in [0.3, 0.4) is 0 Å². The second-order valence-electron chi connectivity index (χ2n) is 8.70. The van der Waals surface area contributed by atoms with E-state index in [0.29, 0.717) is 11.8 Å². The maximum absolute atomic E-state index is 13.2. The molecule has 3 heteroatoms. The predicted molar refractivity (Wildman–Crippen MR) is 96.1 cm³/mol. The van der Waals surface area contributed by atoms with Crippen LogP contribution in [0.1, 0.15) is 85.5 Å². The average molecular weight is 334 g/mol. The van der Waals surface area contributed by atoms with Gasteiger partial charge in [0.1, 0.15) is 0 Å². The highest BCUT2D eigenvalue weighted by atomic mass is 16.5. The van der Waals surface area contributed by atoms with Crippen molar-refractivity contribution in [3.63, 3.8) is 0 Å². The van der Waals surface area contributed by atoms with Gasteiger partial charge in [0, 0.05) is 0 Å². The molecule has 0 aliphatic heterocycles. The van der Waals surface area contributed by atoms with Gasteiger partial charge in [-0.1, -0.05) is 52.4 Å². The lowest BCUT2D eigenvalue weighted by Gasteiger charge is -2.42. The topological polar surface area (TPSA) is 50.1 Å². The molecule has 2 fully saturated rings. The number of hydrogen-bond acceptors (Lipinski definition) is 3. The third kappa shape index (κ3) is 3.95. The zero-order chi connectivity index (χ0) is 17.7. The highest BCUT2D eigenvalue weighted by molar-refractivity contribution is 5.81. The van der Waals surface area contributed by atoms with Crippen LogP contribution < -0.4 is 0 Å². The first kappa shape index (κ1) is 19.3. The molecule has 2 saturated carbocycles. The van der Waals surface area contributed by atoms with Gasteiger partial charge in [-0.15, -0.1) is 0 Å². The van der Waals surface area contributed by atoms with Crippen molar-refractivity contribution >= 4 is 5.97 Å². The molecule has 0 aromatic heterocycles. The van der Waals surface area contributed by atoms with Gasteiger partial charge in [-0.05, 0) is 56.8 Å². The normalized spacial score (nSPS) is 23.4. The molecule has 0 heterocycles. The van der Waals surface area contributed by atoms with E-state index in [0.717, 1.165) is 32.1 Å². The molecule has 0 spiro atoms. The van der Waals surface area contributed by atoms with Gasteiger partial charge in [0.05, 0.1) is 12.2 Å². The quantitative estimate of drug-likeness (QED) is 0.579. The van der Waals surface area contributed by atoms with Gasteiger partial charge in [-0.25, -0.2) is 0 Å². The SMILES string of the molecule is CC(C)CC(C1CCCC1)C(C#N)(C(=O)OC(C)C)C1CCCC1. The second-order valence-corrected chi connectivity index (χ2v) is 8.70. The van der Waals surface area contributed by atoms with Crippen molar-refractivity contribution in [2.45, 2.75) is 91.6 Å². The van der Waals surface area contributed by atoms with Crippen molar-refractivity contribution in [3.05, 3.63) is 0 Å². The minimum Gasteiger partial charge on any atom is -0.462 e. The van der Waals surface area contributed by atoms with Gasteiger partial charge in [0.2, 0.25) is 0 Å². The molecule has 136 valence electrons. The monoisotopic (exact) mass is 333 g/mol. The van der Waals surface area contributed by atoms with E-state index in [-0.39, 0.29) is 23.9 Å². The molecular weight excluding hydrogens is 298 g/mol. The standard InChI is InChI=1S/C21H35NO2/c1-15(2)13-19(17-9-5-6-10-17)21(14-22,18-11-7-8-12-18)20(23)24-16(3)4/h15-19H,5-13H2,1-4H3. The first-order chi connectivity index (χ1) is 11.4. The van der Waals surface area contributed by atoms with Crippen LogP contribution in [0.5, 0.6) is 0 Å². The van der Waals surface area contributed by atoms with Crippen LogP contribution in [0.4, 0.5) is 0 Å². The van der Waals surface area contributed by atoms with Gasteiger partial charge < -0.3 is 4.74 Å². The van der Waals surface area contributed by atoms with E-state index in [1.54, 1.807) is 0 Å². The second kappa shape index (κ2) is 8.37. The third-order valence-electron chi connectivity index (χ3n) is 6.14. The summed E-state index contributed by atoms with van der Waals surface area (Å²) >= 11 is 0. The molecule has 2 unspecified atom stereocenters. The fourth-order valence-corrected chi connectivity index (χ4v) is 5.15. The Morgan fingerprint density at radius 2 is 1.62 bits per heavy atom. The Morgan fingerprint density at radius 1 is 1.08 bits per heavy atom. The number of nitrogens with zero attached hydrogens (tertiary/aromatic N) is 1. The first-order valence-electron chi connectivity index (χ1n) is 10.0. The summed E-state index contributed by atoms with van der Waals surface area (Å²) in [6, 6.07) is 2.57. The molecule has 24 heavy (non-hydrogen) atoms. The molecular formula is C21H35NO2. The molecule has 2 atom stereocenters. The van der Waals surface area contributed by atoms with Gasteiger partial charge in [0.15, 0.2) is 5.41 Å². The van der Waals surface area contributed by atoms with Crippen LogP contribution in [0.2, 0.25) is 0 Å². The highest BCUT2D eigenvalue weighted by Gasteiger charge is 2.56. The zero-order valence-electron chi connectivity index (χ0n) is 16.0. The summed E-state index contributed by atoms with van der Waals surface area (Å²) in [6.45, 7) is 8.21. The van der Waals surface area contributed by atoms with E-state index in [9.17, 15) is 10.1 Å². The lowest BCUT2D eigenvalue weighted by Crippen LogP contribution is -2.48. The van der Waals surface area contributed by atoms with E-state index in [1.165, 1.54) is 25.7 Å². The molecule has 0 radical (unpaired) electrons. The van der Waals surface area contributed by atoms with Crippen LogP contribution >= 0.6 is 0 Å². The molecule has 0 saturated heterocycles. The number of carbonyl (C=O) groups excluding carboxylic acids is 1. The molecule has 0 amide bonds. The molecule has 2 aliphatic carbocycles. The number of rotatable bonds is 7. The third-order valence-corrected chi connectivity index (χ3v) is 6.14. The van der Waals surface area contributed by atoms with Gasteiger partial charge in [-0.3, -0.25) is 4.79 Å². The minimum atomic E-state index is -0.931. The van der Waals surface area contributed by atoms with Gasteiger partial charge in [-0.2, -0.15) is 5.26 Å². The summed E-state index contributed by atoms with van der Waals surface area (Å²) in [5.41, 5.74) is -0.931. The highest BCUT2D eigenvalue weighted by Crippen LogP contribution is 2.53. The van der Waals surface area contributed by atoms with Gasteiger partial charge in [0.25, 0.3) is 0 Å². The Morgan fingerprint density at radius 3 is 2.08 bits per heavy atom. The number of esters is 1. The Kier molecular flexibility index (Phi) is 6.72. The average Bonchev–Trinajstić information content (AvgIpc) is 3.20. The summed E-state index contributed by atoms with van der Waals surface area (Å²) < 4.78 is 5.68. The van der Waals surface area contributed by atoms with Crippen molar-refractivity contribution < 1.29 is 9.53 Å². The molecule has 0 aromatic carbocycles. The van der Waals surface area contributed by atoms with Crippen molar-refractivity contribution in [2.24, 2.45) is 29.1 Å². The molecule has 0 N–H and O–H groups in total. The van der Waals surface area contributed by atoms with E-state index < -0.39 is 5.41 Å². The Balaban J connectivity index is 2.42. The minimum absolute atomic E-state index is 0.152. The lowest BCUT2D eigenvalue weighted by molar-refractivity contribution is -0.165. The first-order valence-corrected chi connectivity index (χ1v) is 10.0. The van der Waals surface area contributed by atoms with E-state index in [2.05, 4.69) is 19.9 Å². The molecule has 3 nitrogen and oxygen atoms in total. The summed E-state index contributed by atoms with van der Waals surface area (Å²) in [5, 5.41) is 10.3. The number of carbonyl (C=O) groups is 1. The maximum atomic E-state index is 13.2. The molecule has 0 bridgehead atoms. The summed E-state index contributed by atoms with van der Waals surface area (Å²) in [4.78, 5) is 13.2. The van der Waals surface area contributed by atoms with Gasteiger partial charge >= 0.3 is 5.97 Å². The van der Waals surface area contributed by atoms with E-state index >= 15 is 0 Å². The lowest BCUT2D eigenvalue weighted by atomic mass is 9.60. The summed E-state index contributed by atoms with van der Waals surface area (Å²) in [6.07, 6.45) is 9.91. The predicted octanol–water partition coefficient (Wildman–Crippen LogP) is 5.49. The van der Waals surface area contributed by atoms with Crippen LogP contribution in [0, 0.1) is 40.4 Å². The summed E-state index contributed by atoms with van der Waals surface area (Å²) in [5.74, 6) is 1.10. The van der Waals surface area contributed by atoms with Crippen LogP contribution in [-0.4, -0.2) is 12.1 Å². The smallest absolute Gasteiger partial charge is 0.327 e. The molecule has 2 aliphatic rings. The fraction of sp³-hybridized carbons (Fsp3) is 0.905. The summed E-state index contributed by atoms with van der Waals surface area (Å²) in [7, 11) is 0. The van der Waals surface area contributed by atoms with E-state index in [4.69, 9.17) is 4.74 Å². The van der Waals surface area contributed by atoms with E-state index in [1.807, 2.05) is 13.8 Å². The van der Waals surface area contributed by atoms with Crippen molar-refractivity contribution in [3.8, 4) is 6.07 Å². The largest absolute Gasteiger partial charge is 0.462 e. The Hall–Kier alpha value is -1.04. The van der Waals surface area contributed by atoms with Crippen LogP contribution in [0.25, 0.3) is 0 Å². The maximum Gasteiger partial charge on any atom is 0.327 e. The van der Waals surface area contributed by atoms with Crippen LogP contribution in [0.15, 0.2) is 0 Å². The van der Waals surface area contributed by atoms with Crippen LogP contribution in [-0.2, 0) is 9.53 Å². The number of nitriles is 1. The molecule has 0 aromatic rings. The zero-order valence-corrected chi connectivity index (χ0v) is 16.0. The number of hydrogen-bond donors (Lipinski definition) is 0. The van der Waals surface area contributed by atoms with Crippen molar-refractivity contribution in [1.29, 1.82) is 5.26 Å². The Bertz CT molecular complexity index is 453. The van der Waals surface area contributed by atoms with Crippen molar-refractivity contribution in [1.82, 2.24) is 0 Å². The molecule has 2 rings (SSSR count). The van der Waals surface area contributed by atoms with Crippen molar-refractivity contribution in [2.75, 3.05) is 0 Å². The fourth-order valence-electron chi connectivity index (χ4n) is 5.15.